The Hall–Kier alpha value is -0.260. The van der Waals surface area contributed by atoms with Crippen LogP contribution in [-0.4, -0.2) is 0 Å². The fourth-order valence-electron chi connectivity index (χ4n) is 7.45. The van der Waals surface area contributed by atoms with Crippen LogP contribution in [0.15, 0.2) is 12.2 Å². The molecule has 0 bridgehead atoms. The summed E-state index contributed by atoms with van der Waals surface area (Å²) in [5.74, 6) is 5.13. The van der Waals surface area contributed by atoms with Gasteiger partial charge in [-0.1, -0.05) is 66.0 Å². The number of hydrogen-bond acceptors (Lipinski definition) is 0. The van der Waals surface area contributed by atoms with Crippen LogP contribution in [0.5, 0.6) is 0 Å². The first-order valence-corrected chi connectivity index (χ1v) is 11.6. The summed E-state index contributed by atoms with van der Waals surface area (Å²) in [4.78, 5) is 0. The van der Waals surface area contributed by atoms with E-state index in [1.807, 2.05) is 0 Å². The first-order valence-electron chi connectivity index (χ1n) is 11.6. The molecule has 25 heavy (non-hydrogen) atoms. The highest BCUT2D eigenvalue weighted by Gasteiger charge is 2.58. The Balaban J connectivity index is 0.000000324. The molecule has 0 aliphatic heterocycles. The molecule has 4 aliphatic carbocycles. The number of fused-ring (bicyclic) bond motifs is 5. The predicted molar refractivity (Wildman–Crippen MR) is 111 cm³/mol. The normalized spacial score (nSPS) is 48.0. The molecule has 0 spiro atoms. The fraction of sp³-hybridized carbons (Fsp3) is 0.920. The van der Waals surface area contributed by atoms with Gasteiger partial charge in [-0.25, -0.2) is 0 Å². The molecule has 7 unspecified atom stereocenters. The monoisotopic (exact) mass is 344 g/mol. The summed E-state index contributed by atoms with van der Waals surface area (Å²) >= 11 is 0. The van der Waals surface area contributed by atoms with Crippen LogP contribution < -0.4 is 0 Å². The first kappa shape index (κ1) is 19.5. The van der Waals surface area contributed by atoms with Crippen LogP contribution in [0.4, 0.5) is 0 Å². The number of rotatable bonds is 2. The van der Waals surface area contributed by atoms with E-state index in [9.17, 15) is 0 Å². The van der Waals surface area contributed by atoms with Crippen molar-refractivity contribution in [1.82, 2.24) is 0 Å². The molecule has 0 heterocycles. The quantitative estimate of drug-likeness (QED) is 0.445. The second-order valence-electron chi connectivity index (χ2n) is 10.4. The van der Waals surface area contributed by atoms with E-state index >= 15 is 0 Å². The third-order valence-corrected chi connectivity index (χ3v) is 9.39. The van der Waals surface area contributed by atoms with E-state index in [0.717, 1.165) is 29.6 Å². The predicted octanol–water partition coefficient (Wildman–Crippen LogP) is 8.03. The molecule has 0 amide bonds. The maximum absolute atomic E-state index is 2.65. The Labute approximate surface area is 158 Å². The summed E-state index contributed by atoms with van der Waals surface area (Å²) in [5, 5.41) is 0. The van der Waals surface area contributed by atoms with Crippen LogP contribution in [0.2, 0.25) is 0 Å². The fourth-order valence-corrected chi connectivity index (χ4v) is 7.45. The summed E-state index contributed by atoms with van der Waals surface area (Å²) in [6.07, 6.45) is 21.0. The van der Waals surface area contributed by atoms with Crippen molar-refractivity contribution in [3.63, 3.8) is 0 Å². The van der Waals surface area contributed by atoms with Crippen LogP contribution >= 0.6 is 0 Å². The second kappa shape index (κ2) is 7.77. The van der Waals surface area contributed by atoms with Gasteiger partial charge < -0.3 is 0 Å². The maximum Gasteiger partial charge on any atom is -0.0229 e. The smallest absolute Gasteiger partial charge is 0.0229 e. The summed E-state index contributed by atoms with van der Waals surface area (Å²) < 4.78 is 0. The van der Waals surface area contributed by atoms with Gasteiger partial charge in [0.1, 0.15) is 0 Å². The summed E-state index contributed by atoms with van der Waals surface area (Å²) in [7, 11) is 0. The molecule has 4 rings (SSSR count). The lowest BCUT2D eigenvalue weighted by Gasteiger charge is -2.59. The van der Waals surface area contributed by atoms with Crippen LogP contribution in [0, 0.1) is 40.4 Å². The molecule has 7 atom stereocenters. The highest BCUT2D eigenvalue weighted by atomic mass is 14.6. The van der Waals surface area contributed by atoms with Gasteiger partial charge in [0, 0.05) is 0 Å². The highest BCUT2D eigenvalue weighted by molar-refractivity contribution is 5.11. The van der Waals surface area contributed by atoms with E-state index in [1.54, 1.807) is 6.42 Å². The maximum atomic E-state index is 2.65. The molecule has 0 N–H and O–H groups in total. The van der Waals surface area contributed by atoms with Crippen molar-refractivity contribution in [3.8, 4) is 0 Å². The van der Waals surface area contributed by atoms with Crippen molar-refractivity contribution in [2.24, 2.45) is 40.4 Å². The summed E-state index contributed by atoms with van der Waals surface area (Å²) in [6, 6.07) is 0. The summed E-state index contributed by atoms with van der Waals surface area (Å²) in [5.41, 5.74) is 1.33. The van der Waals surface area contributed by atoms with E-state index < -0.39 is 0 Å². The molecule has 3 saturated carbocycles. The van der Waals surface area contributed by atoms with E-state index in [2.05, 4.69) is 46.8 Å². The Morgan fingerprint density at radius 3 is 2.24 bits per heavy atom. The van der Waals surface area contributed by atoms with Crippen LogP contribution in [0.25, 0.3) is 0 Å². The lowest BCUT2D eigenvalue weighted by Crippen LogP contribution is -2.52. The molecule has 0 aromatic rings. The molecule has 0 aromatic carbocycles. The molecule has 3 fully saturated rings. The van der Waals surface area contributed by atoms with Gasteiger partial charge in [-0.2, -0.15) is 0 Å². The van der Waals surface area contributed by atoms with Crippen LogP contribution in [-0.2, 0) is 0 Å². The molecule has 4 aliphatic rings. The number of allylic oxidation sites excluding steroid dienone is 2. The van der Waals surface area contributed by atoms with E-state index in [4.69, 9.17) is 0 Å². The molecule has 0 radical (unpaired) electrons. The zero-order chi connectivity index (χ0) is 18.1. The SMILES string of the molecule is CC1CCC2C3CCC4CC=CCC4(C)C3CCC12C.CCCCC. The Bertz CT molecular complexity index is 461. The van der Waals surface area contributed by atoms with Crippen LogP contribution in [0.3, 0.4) is 0 Å². The molecule has 0 nitrogen and oxygen atoms in total. The molecule has 0 aromatic heterocycles. The largest absolute Gasteiger partial charge is 0.0882 e. The van der Waals surface area contributed by atoms with Gasteiger partial charge in [0.05, 0.1) is 0 Å². The van der Waals surface area contributed by atoms with Crippen molar-refractivity contribution in [2.75, 3.05) is 0 Å². The minimum absolute atomic E-state index is 0.644. The van der Waals surface area contributed by atoms with Crippen molar-refractivity contribution < 1.29 is 0 Å². The van der Waals surface area contributed by atoms with Gasteiger partial charge in [-0.15, -0.1) is 0 Å². The lowest BCUT2D eigenvalue weighted by atomic mass is 9.45. The van der Waals surface area contributed by atoms with Gasteiger partial charge in [-0.3, -0.25) is 0 Å². The van der Waals surface area contributed by atoms with Gasteiger partial charge in [0.15, 0.2) is 0 Å². The third kappa shape index (κ3) is 3.37. The van der Waals surface area contributed by atoms with E-state index in [1.165, 1.54) is 64.2 Å². The van der Waals surface area contributed by atoms with Crippen LogP contribution in [0.1, 0.15) is 105 Å². The zero-order valence-corrected chi connectivity index (χ0v) is 17.8. The van der Waals surface area contributed by atoms with Crippen molar-refractivity contribution in [3.05, 3.63) is 12.2 Å². The Morgan fingerprint density at radius 2 is 1.56 bits per heavy atom. The minimum Gasteiger partial charge on any atom is -0.0882 e. The molecular formula is C25H44. The van der Waals surface area contributed by atoms with Gasteiger partial charge >= 0.3 is 0 Å². The standard InChI is InChI=1S/C20H32.C5H12/c1-14-7-10-17-16-9-8-15-6-4-5-12-20(15,3)18(16)11-13-19(14,17)2;1-3-5-4-2/h4-5,14-18H,6-13H2,1-3H3;3-5H2,1-2H3. The van der Waals surface area contributed by atoms with Crippen molar-refractivity contribution in [1.29, 1.82) is 0 Å². The Kier molecular flexibility index (Phi) is 6.06. The average molecular weight is 345 g/mol. The summed E-state index contributed by atoms with van der Waals surface area (Å²) in [6.45, 7) is 12.3. The molecule has 0 heteroatoms. The van der Waals surface area contributed by atoms with Gasteiger partial charge in [0.2, 0.25) is 0 Å². The average Bonchev–Trinajstić information content (AvgIpc) is 2.91. The molecule has 144 valence electrons. The Morgan fingerprint density at radius 1 is 0.840 bits per heavy atom. The van der Waals surface area contributed by atoms with E-state index in [0.29, 0.717) is 10.8 Å². The number of unbranched alkanes of at least 4 members (excludes halogenated alkanes) is 2. The third-order valence-electron chi connectivity index (χ3n) is 9.39. The molecular weight excluding hydrogens is 300 g/mol. The first-order chi connectivity index (χ1) is 12.0. The highest BCUT2D eigenvalue weighted by Crippen LogP contribution is 2.66. The van der Waals surface area contributed by atoms with Crippen molar-refractivity contribution >= 4 is 0 Å². The lowest BCUT2D eigenvalue weighted by molar-refractivity contribution is -0.0947. The van der Waals surface area contributed by atoms with Gasteiger partial charge in [-0.05, 0) is 91.8 Å². The zero-order valence-electron chi connectivity index (χ0n) is 17.8. The van der Waals surface area contributed by atoms with Crippen molar-refractivity contribution in [2.45, 2.75) is 105 Å². The van der Waals surface area contributed by atoms with Gasteiger partial charge in [0.25, 0.3) is 0 Å². The topological polar surface area (TPSA) is 0 Å². The minimum atomic E-state index is 0.644. The molecule has 0 saturated heterocycles. The number of hydrogen-bond donors (Lipinski definition) is 0. The second-order valence-corrected chi connectivity index (χ2v) is 10.4. The van der Waals surface area contributed by atoms with E-state index in [-0.39, 0.29) is 0 Å².